The van der Waals surface area contributed by atoms with Crippen LogP contribution in [0.1, 0.15) is 11.1 Å². The number of thioether (sulfide) groups is 1. The van der Waals surface area contributed by atoms with Gasteiger partial charge in [-0.3, -0.25) is 0 Å². The average molecular weight is 283 g/mol. The number of fused-ring (bicyclic) bond motifs is 1. The molecule has 5 heteroatoms. The van der Waals surface area contributed by atoms with Crippen molar-refractivity contribution in [3.63, 3.8) is 0 Å². The van der Waals surface area contributed by atoms with Crippen molar-refractivity contribution in [3.8, 4) is 6.07 Å². The fourth-order valence-electron chi connectivity index (χ4n) is 1.75. The van der Waals surface area contributed by atoms with Crippen LogP contribution in [-0.4, -0.2) is 9.97 Å². The highest BCUT2D eigenvalue weighted by Crippen LogP contribution is 2.30. The summed E-state index contributed by atoms with van der Waals surface area (Å²) in [7, 11) is 0. The van der Waals surface area contributed by atoms with E-state index in [2.05, 4.69) is 16.0 Å². The summed E-state index contributed by atoms with van der Waals surface area (Å²) in [6.45, 7) is 0. The Kier molecular flexibility index (Phi) is 3.45. The Morgan fingerprint density at radius 3 is 3.11 bits per heavy atom. The van der Waals surface area contributed by atoms with Gasteiger partial charge >= 0.3 is 0 Å². The molecule has 0 saturated heterocycles. The van der Waals surface area contributed by atoms with Crippen LogP contribution in [-0.2, 0) is 5.75 Å². The minimum Gasteiger partial charge on any atom is -0.235 e. The summed E-state index contributed by atoms with van der Waals surface area (Å²) in [4.78, 5) is 8.56. The van der Waals surface area contributed by atoms with Crippen LogP contribution in [0, 0.1) is 11.3 Å². The topological polar surface area (TPSA) is 49.6 Å². The lowest BCUT2D eigenvalue weighted by Gasteiger charge is -2.02. The second kappa shape index (κ2) is 5.39. The Bertz CT molecular complexity index is 758. The Morgan fingerprint density at radius 2 is 2.21 bits per heavy atom. The first-order valence-electron chi connectivity index (χ1n) is 5.67. The zero-order valence-corrected chi connectivity index (χ0v) is 11.5. The lowest BCUT2D eigenvalue weighted by atomic mass is 10.2. The molecule has 2 heterocycles. The van der Waals surface area contributed by atoms with Gasteiger partial charge in [-0.2, -0.15) is 5.26 Å². The molecular weight excluding hydrogens is 274 g/mol. The molecule has 0 aliphatic heterocycles. The van der Waals surface area contributed by atoms with Crippen LogP contribution in [0.5, 0.6) is 0 Å². The van der Waals surface area contributed by atoms with E-state index in [4.69, 9.17) is 5.26 Å². The molecule has 0 aliphatic rings. The fourth-order valence-corrected chi connectivity index (χ4v) is 3.64. The molecule has 0 saturated carbocycles. The molecule has 0 atom stereocenters. The standard InChI is InChI=1S/C14H9N3S2/c15-7-10-2-1-3-11(6-10)8-19-14-13-12(4-5-18-13)16-9-17-14/h1-6,9H,8H2. The van der Waals surface area contributed by atoms with E-state index in [1.807, 2.05) is 35.7 Å². The predicted molar refractivity (Wildman–Crippen MR) is 78.1 cm³/mol. The van der Waals surface area contributed by atoms with Crippen molar-refractivity contribution < 1.29 is 0 Å². The number of aromatic nitrogens is 2. The van der Waals surface area contributed by atoms with Crippen molar-refractivity contribution in [2.45, 2.75) is 10.8 Å². The normalized spacial score (nSPS) is 10.5. The van der Waals surface area contributed by atoms with Crippen LogP contribution in [0.4, 0.5) is 0 Å². The van der Waals surface area contributed by atoms with Crippen molar-refractivity contribution in [1.29, 1.82) is 5.26 Å². The van der Waals surface area contributed by atoms with Crippen molar-refractivity contribution in [2.24, 2.45) is 0 Å². The number of hydrogen-bond acceptors (Lipinski definition) is 5. The third-order valence-corrected chi connectivity index (χ3v) is 4.74. The predicted octanol–water partition coefficient (Wildman–Crippen LogP) is 3.86. The summed E-state index contributed by atoms with van der Waals surface area (Å²) >= 11 is 3.34. The van der Waals surface area contributed by atoms with Gasteiger partial charge in [0.1, 0.15) is 11.4 Å². The molecule has 3 aromatic rings. The number of hydrogen-bond donors (Lipinski definition) is 0. The first-order valence-corrected chi connectivity index (χ1v) is 7.53. The highest BCUT2D eigenvalue weighted by molar-refractivity contribution is 7.98. The SMILES string of the molecule is N#Cc1cccc(CSc2ncnc3ccsc23)c1. The van der Waals surface area contributed by atoms with Crippen molar-refractivity contribution >= 4 is 33.3 Å². The summed E-state index contributed by atoms with van der Waals surface area (Å²) in [6, 6.07) is 11.8. The third-order valence-electron chi connectivity index (χ3n) is 2.64. The largest absolute Gasteiger partial charge is 0.235 e. The molecule has 3 nitrogen and oxygen atoms in total. The Morgan fingerprint density at radius 1 is 1.26 bits per heavy atom. The van der Waals surface area contributed by atoms with Gasteiger partial charge in [0.05, 0.1) is 21.8 Å². The van der Waals surface area contributed by atoms with Crippen LogP contribution < -0.4 is 0 Å². The summed E-state index contributed by atoms with van der Waals surface area (Å²) in [6.07, 6.45) is 1.60. The van der Waals surface area contributed by atoms with Gasteiger partial charge in [-0.15, -0.1) is 23.1 Å². The van der Waals surface area contributed by atoms with E-state index in [0.717, 1.165) is 26.6 Å². The number of rotatable bonds is 3. The van der Waals surface area contributed by atoms with Crippen molar-refractivity contribution in [3.05, 3.63) is 53.2 Å². The van der Waals surface area contributed by atoms with Gasteiger partial charge in [0, 0.05) is 5.75 Å². The second-order valence-electron chi connectivity index (χ2n) is 3.91. The van der Waals surface area contributed by atoms with Gasteiger partial charge in [0.15, 0.2) is 0 Å². The van der Waals surface area contributed by atoms with E-state index in [9.17, 15) is 0 Å². The minimum absolute atomic E-state index is 0.696. The maximum Gasteiger partial charge on any atom is 0.118 e. The molecule has 1 aromatic carbocycles. The van der Waals surface area contributed by atoms with E-state index in [1.165, 1.54) is 0 Å². The minimum atomic E-state index is 0.696. The van der Waals surface area contributed by atoms with Crippen LogP contribution in [0.2, 0.25) is 0 Å². The third kappa shape index (κ3) is 2.60. The summed E-state index contributed by atoms with van der Waals surface area (Å²) in [5, 5.41) is 11.9. The molecule has 0 aliphatic carbocycles. The molecule has 0 N–H and O–H groups in total. The number of nitriles is 1. The van der Waals surface area contributed by atoms with E-state index in [1.54, 1.807) is 29.4 Å². The molecule has 0 unspecified atom stereocenters. The van der Waals surface area contributed by atoms with Gasteiger partial charge in [0.2, 0.25) is 0 Å². The van der Waals surface area contributed by atoms with E-state index in [0.29, 0.717) is 5.56 Å². The highest BCUT2D eigenvalue weighted by Gasteiger charge is 2.06. The van der Waals surface area contributed by atoms with Crippen molar-refractivity contribution in [1.82, 2.24) is 9.97 Å². The van der Waals surface area contributed by atoms with Crippen LogP contribution in [0.15, 0.2) is 47.1 Å². The van der Waals surface area contributed by atoms with Gasteiger partial charge in [-0.25, -0.2) is 9.97 Å². The molecule has 0 fully saturated rings. The monoisotopic (exact) mass is 283 g/mol. The van der Waals surface area contributed by atoms with Crippen LogP contribution in [0.25, 0.3) is 10.2 Å². The Balaban J connectivity index is 1.82. The molecule has 2 aromatic heterocycles. The Labute approximate surface area is 118 Å². The smallest absolute Gasteiger partial charge is 0.118 e. The zero-order chi connectivity index (χ0) is 13.1. The van der Waals surface area contributed by atoms with E-state index >= 15 is 0 Å². The quantitative estimate of drug-likeness (QED) is 0.541. The molecule has 19 heavy (non-hydrogen) atoms. The molecule has 92 valence electrons. The molecular formula is C14H9N3S2. The first-order chi connectivity index (χ1) is 9.36. The summed E-state index contributed by atoms with van der Waals surface area (Å²) < 4.78 is 1.13. The zero-order valence-electron chi connectivity index (χ0n) is 9.91. The molecule has 0 radical (unpaired) electrons. The number of benzene rings is 1. The summed E-state index contributed by atoms with van der Waals surface area (Å²) in [5.41, 5.74) is 2.82. The second-order valence-corrected chi connectivity index (χ2v) is 5.79. The van der Waals surface area contributed by atoms with E-state index < -0.39 is 0 Å². The Hall–Kier alpha value is -1.90. The van der Waals surface area contributed by atoms with Crippen molar-refractivity contribution in [2.75, 3.05) is 0 Å². The average Bonchev–Trinajstić information content (AvgIpc) is 2.94. The lowest BCUT2D eigenvalue weighted by Crippen LogP contribution is -1.86. The van der Waals surface area contributed by atoms with Gasteiger partial charge in [-0.1, -0.05) is 12.1 Å². The van der Waals surface area contributed by atoms with E-state index in [-0.39, 0.29) is 0 Å². The van der Waals surface area contributed by atoms with Crippen LogP contribution >= 0.6 is 23.1 Å². The van der Waals surface area contributed by atoms with Gasteiger partial charge in [0.25, 0.3) is 0 Å². The molecule has 0 spiro atoms. The molecule has 3 rings (SSSR count). The lowest BCUT2D eigenvalue weighted by molar-refractivity contribution is 1.11. The maximum absolute atomic E-state index is 8.89. The van der Waals surface area contributed by atoms with Gasteiger partial charge < -0.3 is 0 Å². The highest BCUT2D eigenvalue weighted by atomic mass is 32.2. The first kappa shape index (κ1) is 12.2. The molecule has 0 bridgehead atoms. The number of thiophene rings is 1. The van der Waals surface area contributed by atoms with Gasteiger partial charge in [-0.05, 0) is 29.1 Å². The number of nitrogens with zero attached hydrogens (tertiary/aromatic N) is 3. The van der Waals surface area contributed by atoms with Crippen LogP contribution in [0.3, 0.4) is 0 Å². The maximum atomic E-state index is 8.89. The fraction of sp³-hybridized carbons (Fsp3) is 0.0714. The summed E-state index contributed by atoms with van der Waals surface area (Å²) in [5.74, 6) is 0.805. The molecule has 0 amide bonds.